The monoisotopic (exact) mass is 235 g/mol. The van der Waals surface area contributed by atoms with E-state index in [1.165, 1.54) is 0 Å². The first-order chi connectivity index (χ1) is 8.22. The summed E-state index contributed by atoms with van der Waals surface area (Å²) in [5.74, 6) is 5.66. The van der Waals surface area contributed by atoms with Gasteiger partial charge in [-0.3, -0.25) is 4.79 Å². The zero-order chi connectivity index (χ0) is 12.3. The molecule has 2 rings (SSSR count). The summed E-state index contributed by atoms with van der Waals surface area (Å²) >= 11 is 0. The molecular formula is C13H17NO3. The summed E-state index contributed by atoms with van der Waals surface area (Å²) in [6.07, 6.45) is 3.60. The number of rotatable bonds is 1. The molecule has 0 radical (unpaired) electrons. The van der Waals surface area contributed by atoms with Crippen molar-refractivity contribution in [1.29, 1.82) is 0 Å². The van der Waals surface area contributed by atoms with Crippen molar-refractivity contribution in [2.45, 2.75) is 51.1 Å². The Balaban J connectivity index is 2.00. The Bertz CT molecular complexity index is 364. The number of amides is 1. The Hall–Kier alpha value is -1.50. The van der Waals surface area contributed by atoms with Crippen LogP contribution in [0.15, 0.2) is 0 Å². The van der Waals surface area contributed by atoms with Crippen LogP contribution in [-0.2, 0) is 9.53 Å². The maximum absolute atomic E-state index is 11.9. The minimum absolute atomic E-state index is 0.0529. The molecule has 2 saturated heterocycles. The van der Waals surface area contributed by atoms with Crippen LogP contribution in [0.5, 0.6) is 0 Å². The molecule has 0 aromatic carbocycles. The summed E-state index contributed by atoms with van der Waals surface area (Å²) in [5.41, 5.74) is 0. The molecule has 0 aliphatic carbocycles. The zero-order valence-corrected chi connectivity index (χ0v) is 10.1. The van der Waals surface area contributed by atoms with Gasteiger partial charge in [-0.05, 0) is 26.2 Å². The number of Topliss-reactive ketones (excluding diaryl/α,β-unsaturated/α-hetero) is 1. The van der Waals surface area contributed by atoms with Crippen molar-refractivity contribution in [3.05, 3.63) is 0 Å². The van der Waals surface area contributed by atoms with E-state index in [4.69, 9.17) is 4.74 Å². The Labute approximate surface area is 101 Å². The van der Waals surface area contributed by atoms with Crippen molar-refractivity contribution in [2.24, 2.45) is 0 Å². The normalized spacial score (nSPS) is 27.1. The zero-order valence-electron chi connectivity index (χ0n) is 10.1. The van der Waals surface area contributed by atoms with Crippen LogP contribution in [0.4, 0.5) is 4.79 Å². The van der Waals surface area contributed by atoms with Crippen molar-refractivity contribution in [2.75, 3.05) is 6.61 Å². The van der Waals surface area contributed by atoms with E-state index in [1.807, 2.05) is 0 Å². The van der Waals surface area contributed by atoms with Crippen molar-refractivity contribution in [3.8, 4) is 11.8 Å². The number of fused-ring (bicyclic) bond motifs is 2. The van der Waals surface area contributed by atoms with Crippen LogP contribution in [0.1, 0.15) is 39.0 Å². The number of carbonyl (C=O) groups excluding carboxylic acids is 2. The predicted octanol–water partition coefficient (Wildman–Crippen LogP) is 1.73. The van der Waals surface area contributed by atoms with Crippen molar-refractivity contribution < 1.29 is 14.3 Å². The van der Waals surface area contributed by atoms with E-state index in [2.05, 4.69) is 11.8 Å². The smallest absolute Gasteiger partial charge is 0.411 e. The highest BCUT2D eigenvalue weighted by Gasteiger charge is 2.40. The molecule has 0 spiro atoms. The van der Waals surface area contributed by atoms with Gasteiger partial charge in [-0.1, -0.05) is 5.92 Å². The second-order valence-electron chi connectivity index (χ2n) is 4.57. The highest BCUT2D eigenvalue weighted by Crippen LogP contribution is 2.32. The second kappa shape index (κ2) is 5.22. The van der Waals surface area contributed by atoms with Crippen LogP contribution < -0.4 is 0 Å². The minimum Gasteiger partial charge on any atom is -0.436 e. The molecule has 0 aromatic rings. The lowest BCUT2D eigenvalue weighted by atomic mass is 9.84. The Morgan fingerprint density at radius 3 is 2.65 bits per heavy atom. The molecule has 0 aromatic heterocycles. The number of hydrogen-bond acceptors (Lipinski definition) is 3. The van der Waals surface area contributed by atoms with E-state index in [9.17, 15) is 9.59 Å². The van der Waals surface area contributed by atoms with Gasteiger partial charge in [0.2, 0.25) is 0 Å². The van der Waals surface area contributed by atoms with Crippen LogP contribution in [0.3, 0.4) is 0 Å². The molecule has 0 saturated carbocycles. The van der Waals surface area contributed by atoms with E-state index in [0.29, 0.717) is 12.8 Å². The average Bonchev–Trinajstić information content (AvgIpc) is 2.27. The summed E-state index contributed by atoms with van der Waals surface area (Å²) in [5, 5.41) is 0. The predicted molar refractivity (Wildman–Crippen MR) is 62.3 cm³/mol. The van der Waals surface area contributed by atoms with Gasteiger partial charge in [0.1, 0.15) is 5.78 Å². The van der Waals surface area contributed by atoms with Gasteiger partial charge in [0.15, 0.2) is 6.61 Å². The first-order valence-electron chi connectivity index (χ1n) is 6.08. The summed E-state index contributed by atoms with van der Waals surface area (Å²) in [6.45, 7) is 1.85. The lowest BCUT2D eigenvalue weighted by Gasteiger charge is -2.44. The fourth-order valence-electron chi connectivity index (χ4n) is 2.72. The topological polar surface area (TPSA) is 46.6 Å². The molecule has 0 N–H and O–H groups in total. The summed E-state index contributed by atoms with van der Waals surface area (Å²) in [6, 6.07) is 0.106. The van der Waals surface area contributed by atoms with Gasteiger partial charge in [0, 0.05) is 24.9 Å². The molecule has 17 heavy (non-hydrogen) atoms. The molecular weight excluding hydrogens is 218 g/mol. The molecule has 1 amide bonds. The van der Waals surface area contributed by atoms with E-state index in [1.54, 1.807) is 11.8 Å². The third-order valence-corrected chi connectivity index (χ3v) is 3.44. The van der Waals surface area contributed by atoms with Gasteiger partial charge < -0.3 is 9.64 Å². The second-order valence-corrected chi connectivity index (χ2v) is 4.57. The lowest BCUT2D eigenvalue weighted by Crippen LogP contribution is -2.55. The van der Waals surface area contributed by atoms with Crippen LogP contribution in [0.2, 0.25) is 0 Å². The van der Waals surface area contributed by atoms with E-state index < -0.39 is 0 Å². The molecule has 4 nitrogen and oxygen atoms in total. The summed E-state index contributed by atoms with van der Waals surface area (Å²) < 4.78 is 5.10. The van der Waals surface area contributed by atoms with Gasteiger partial charge >= 0.3 is 6.09 Å². The maximum atomic E-state index is 11.9. The van der Waals surface area contributed by atoms with Crippen LogP contribution in [0.25, 0.3) is 0 Å². The van der Waals surface area contributed by atoms with E-state index in [0.717, 1.165) is 19.3 Å². The third-order valence-electron chi connectivity index (χ3n) is 3.44. The standard InChI is InChI=1S/C13H17NO3/c1-2-3-7-17-13(16)14-10-5-4-6-11(14)9-12(15)8-10/h10-11H,4-9H2,1H3. The highest BCUT2D eigenvalue weighted by atomic mass is 16.6. The Morgan fingerprint density at radius 2 is 2.06 bits per heavy atom. The molecule has 2 bridgehead atoms. The first kappa shape index (κ1) is 12.0. The van der Waals surface area contributed by atoms with Crippen LogP contribution in [-0.4, -0.2) is 35.5 Å². The number of carbonyl (C=O) groups is 2. The molecule has 2 aliphatic heterocycles. The Morgan fingerprint density at radius 1 is 1.41 bits per heavy atom. The average molecular weight is 235 g/mol. The number of hydrogen-bond donors (Lipinski definition) is 0. The minimum atomic E-state index is -0.310. The number of piperidine rings is 2. The molecule has 2 fully saturated rings. The van der Waals surface area contributed by atoms with Crippen molar-refractivity contribution in [1.82, 2.24) is 4.90 Å². The third kappa shape index (κ3) is 2.60. The Kier molecular flexibility index (Phi) is 3.68. The molecule has 2 heterocycles. The largest absolute Gasteiger partial charge is 0.436 e. The van der Waals surface area contributed by atoms with Crippen molar-refractivity contribution in [3.63, 3.8) is 0 Å². The van der Waals surface area contributed by atoms with Crippen LogP contribution >= 0.6 is 0 Å². The van der Waals surface area contributed by atoms with Gasteiger partial charge in [-0.25, -0.2) is 4.79 Å². The molecule has 92 valence electrons. The number of ether oxygens (including phenoxy) is 1. The van der Waals surface area contributed by atoms with E-state index >= 15 is 0 Å². The first-order valence-corrected chi connectivity index (χ1v) is 6.08. The van der Waals surface area contributed by atoms with Gasteiger partial charge in [0.05, 0.1) is 0 Å². The number of ketones is 1. The van der Waals surface area contributed by atoms with Crippen molar-refractivity contribution >= 4 is 11.9 Å². The molecule has 2 aliphatic rings. The quantitative estimate of drug-likeness (QED) is 0.650. The van der Waals surface area contributed by atoms with Crippen LogP contribution in [0, 0.1) is 11.8 Å². The highest BCUT2D eigenvalue weighted by molar-refractivity contribution is 5.83. The summed E-state index contributed by atoms with van der Waals surface area (Å²) in [7, 11) is 0. The van der Waals surface area contributed by atoms with Gasteiger partial charge in [-0.2, -0.15) is 0 Å². The SMILES string of the molecule is CC#CCOC(=O)N1C2CCCC1CC(=O)C2. The fraction of sp³-hybridized carbons (Fsp3) is 0.692. The molecule has 2 unspecified atom stereocenters. The number of nitrogens with zero attached hydrogens (tertiary/aromatic N) is 1. The molecule has 4 heteroatoms. The molecule has 2 atom stereocenters. The maximum Gasteiger partial charge on any atom is 0.411 e. The van der Waals surface area contributed by atoms with E-state index in [-0.39, 0.29) is 30.6 Å². The fourth-order valence-corrected chi connectivity index (χ4v) is 2.72. The summed E-state index contributed by atoms with van der Waals surface area (Å²) in [4.78, 5) is 25.2. The lowest BCUT2D eigenvalue weighted by molar-refractivity contribution is -0.126. The van der Waals surface area contributed by atoms with Gasteiger partial charge in [-0.15, -0.1) is 5.92 Å². The van der Waals surface area contributed by atoms with Gasteiger partial charge in [0.25, 0.3) is 0 Å².